The standard InChI is InChI=1S/C14H19ClN2O/c1-2-14(18)17-11-6-7-12(15)13(8-11)16-9-10-4-3-5-10/h6-8,10,16H,2-5,9H2,1H3,(H,17,18). The number of anilines is 2. The number of amides is 1. The van der Waals surface area contributed by atoms with Gasteiger partial charge in [0.15, 0.2) is 0 Å². The van der Waals surface area contributed by atoms with Crippen LogP contribution < -0.4 is 10.6 Å². The van der Waals surface area contributed by atoms with Gasteiger partial charge in [0.2, 0.25) is 5.91 Å². The number of benzene rings is 1. The van der Waals surface area contributed by atoms with Crippen molar-refractivity contribution in [1.29, 1.82) is 0 Å². The van der Waals surface area contributed by atoms with Crippen LogP contribution in [0.25, 0.3) is 0 Å². The number of nitrogens with one attached hydrogen (secondary N) is 2. The lowest BCUT2D eigenvalue weighted by Crippen LogP contribution is -2.21. The fourth-order valence-electron chi connectivity index (χ4n) is 1.94. The Bertz CT molecular complexity index is 430. The third kappa shape index (κ3) is 3.39. The SMILES string of the molecule is CCC(=O)Nc1ccc(Cl)c(NCC2CCC2)c1. The van der Waals surface area contributed by atoms with Crippen LogP contribution in [0.4, 0.5) is 11.4 Å². The molecular formula is C14H19ClN2O. The van der Waals surface area contributed by atoms with Crippen molar-refractivity contribution in [3.63, 3.8) is 0 Å². The second-order valence-corrected chi connectivity index (χ2v) is 5.18. The lowest BCUT2D eigenvalue weighted by Gasteiger charge is -2.26. The van der Waals surface area contributed by atoms with Crippen LogP contribution in [0.2, 0.25) is 5.02 Å². The summed E-state index contributed by atoms with van der Waals surface area (Å²) >= 11 is 6.14. The maximum atomic E-state index is 11.3. The molecule has 2 rings (SSSR count). The molecule has 18 heavy (non-hydrogen) atoms. The van der Waals surface area contributed by atoms with Gasteiger partial charge in [0.1, 0.15) is 0 Å². The number of rotatable bonds is 5. The van der Waals surface area contributed by atoms with Crippen molar-refractivity contribution in [3.8, 4) is 0 Å². The van der Waals surface area contributed by atoms with Crippen LogP contribution >= 0.6 is 11.6 Å². The molecule has 0 saturated heterocycles. The number of halogens is 1. The summed E-state index contributed by atoms with van der Waals surface area (Å²) in [7, 11) is 0. The molecule has 0 aromatic heterocycles. The van der Waals surface area contributed by atoms with Gasteiger partial charge in [-0.1, -0.05) is 24.9 Å². The van der Waals surface area contributed by atoms with E-state index in [9.17, 15) is 4.79 Å². The lowest BCUT2D eigenvalue weighted by atomic mass is 9.85. The Kier molecular flexibility index (Phi) is 4.48. The Hall–Kier alpha value is -1.22. The average Bonchev–Trinajstić information content (AvgIpc) is 2.31. The molecule has 1 amide bonds. The summed E-state index contributed by atoms with van der Waals surface area (Å²) in [5.41, 5.74) is 1.69. The quantitative estimate of drug-likeness (QED) is 0.849. The Labute approximate surface area is 113 Å². The molecule has 0 unspecified atom stereocenters. The van der Waals surface area contributed by atoms with Crippen molar-refractivity contribution in [2.24, 2.45) is 5.92 Å². The highest BCUT2D eigenvalue weighted by molar-refractivity contribution is 6.33. The van der Waals surface area contributed by atoms with Crippen molar-refractivity contribution in [2.45, 2.75) is 32.6 Å². The molecule has 4 heteroatoms. The molecule has 0 atom stereocenters. The maximum Gasteiger partial charge on any atom is 0.224 e. The lowest BCUT2D eigenvalue weighted by molar-refractivity contribution is -0.115. The van der Waals surface area contributed by atoms with Gasteiger partial charge in [-0.3, -0.25) is 4.79 Å². The Balaban J connectivity index is 1.98. The molecule has 1 saturated carbocycles. The van der Waals surface area contributed by atoms with E-state index < -0.39 is 0 Å². The fourth-order valence-corrected chi connectivity index (χ4v) is 2.12. The maximum absolute atomic E-state index is 11.3. The summed E-state index contributed by atoms with van der Waals surface area (Å²) in [4.78, 5) is 11.3. The minimum Gasteiger partial charge on any atom is -0.384 e. The first-order valence-electron chi connectivity index (χ1n) is 6.52. The molecule has 1 aromatic rings. The van der Waals surface area contributed by atoms with Gasteiger partial charge in [0.05, 0.1) is 10.7 Å². The topological polar surface area (TPSA) is 41.1 Å². The molecule has 1 aromatic carbocycles. The van der Waals surface area contributed by atoms with Crippen molar-refractivity contribution in [2.75, 3.05) is 17.2 Å². The van der Waals surface area contributed by atoms with Gasteiger partial charge in [-0.25, -0.2) is 0 Å². The summed E-state index contributed by atoms with van der Waals surface area (Å²) in [5.74, 6) is 0.789. The molecule has 0 aliphatic heterocycles. The highest BCUT2D eigenvalue weighted by Crippen LogP contribution is 2.29. The molecule has 0 heterocycles. The largest absolute Gasteiger partial charge is 0.384 e. The van der Waals surface area contributed by atoms with E-state index in [-0.39, 0.29) is 5.91 Å². The molecule has 1 fully saturated rings. The first kappa shape index (κ1) is 13.2. The predicted molar refractivity (Wildman–Crippen MR) is 76.2 cm³/mol. The van der Waals surface area contributed by atoms with Gasteiger partial charge in [0.25, 0.3) is 0 Å². The number of carbonyl (C=O) groups excluding carboxylic acids is 1. The zero-order valence-corrected chi connectivity index (χ0v) is 11.4. The molecule has 1 aliphatic carbocycles. The summed E-state index contributed by atoms with van der Waals surface area (Å²) in [6, 6.07) is 5.54. The van der Waals surface area contributed by atoms with E-state index in [1.54, 1.807) is 0 Å². The smallest absolute Gasteiger partial charge is 0.224 e. The van der Waals surface area contributed by atoms with Crippen LogP contribution in [0.1, 0.15) is 32.6 Å². The van der Waals surface area contributed by atoms with Crippen molar-refractivity contribution >= 4 is 28.9 Å². The normalized spacial score (nSPS) is 15.0. The minimum absolute atomic E-state index is 0.0160. The van der Waals surface area contributed by atoms with Crippen LogP contribution in [0.5, 0.6) is 0 Å². The second-order valence-electron chi connectivity index (χ2n) is 4.77. The van der Waals surface area contributed by atoms with E-state index in [2.05, 4.69) is 10.6 Å². The molecule has 3 nitrogen and oxygen atoms in total. The van der Waals surface area contributed by atoms with E-state index in [4.69, 9.17) is 11.6 Å². The molecular weight excluding hydrogens is 248 g/mol. The third-order valence-corrected chi connectivity index (χ3v) is 3.71. The van der Waals surface area contributed by atoms with Crippen LogP contribution in [-0.2, 0) is 4.79 Å². The van der Waals surface area contributed by atoms with Crippen LogP contribution in [-0.4, -0.2) is 12.5 Å². The second kappa shape index (κ2) is 6.10. The van der Waals surface area contributed by atoms with Crippen LogP contribution in [0.15, 0.2) is 18.2 Å². The molecule has 1 aliphatic rings. The van der Waals surface area contributed by atoms with E-state index >= 15 is 0 Å². The van der Waals surface area contributed by atoms with Crippen LogP contribution in [0.3, 0.4) is 0 Å². The molecule has 2 N–H and O–H groups in total. The van der Waals surface area contributed by atoms with E-state index in [0.717, 1.165) is 23.8 Å². The van der Waals surface area contributed by atoms with Gasteiger partial charge in [0, 0.05) is 18.7 Å². The number of hydrogen-bond acceptors (Lipinski definition) is 2. The predicted octanol–water partition coefficient (Wildman–Crippen LogP) is 3.90. The van der Waals surface area contributed by atoms with Gasteiger partial charge in [-0.2, -0.15) is 0 Å². The van der Waals surface area contributed by atoms with Crippen molar-refractivity contribution < 1.29 is 4.79 Å². The molecule has 0 radical (unpaired) electrons. The Morgan fingerprint density at radius 1 is 1.44 bits per heavy atom. The molecule has 98 valence electrons. The molecule has 0 bridgehead atoms. The van der Waals surface area contributed by atoms with Crippen molar-refractivity contribution in [1.82, 2.24) is 0 Å². The highest BCUT2D eigenvalue weighted by atomic mass is 35.5. The summed E-state index contributed by atoms with van der Waals surface area (Å²) in [6.45, 7) is 2.80. The number of carbonyl (C=O) groups is 1. The van der Waals surface area contributed by atoms with Gasteiger partial charge in [-0.05, 0) is 37.0 Å². The zero-order chi connectivity index (χ0) is 13.0. The van der Waals surface area contributed by atoms with Gasteiger partial charge >= 0.3 is 0 Å². The van der Waals surface area contributed by atoms with Crippen molar-refractivity contribution in [3.05, 3.63) is 23.2 Å². The van der Waals surface area contributed by atoms with Crippen LogP contribution in [0, 0.1) is 5.92 Å². The highest BCUT2D eigenvalue weighted by Gasteiger charge is 2.17. The first-order chi connectivity index (χ1) is 8.69. The molecule has 0 spiro atoms. The fraction of sp³-hybridized carbons (Fsp3) is 0.500. The number of hydrogen-bond donors (Lipinski definition) is 2. The zero-order valence-electron chi connectivity index (χ0n) is 10.6. The summed E-state index contributed by atoms with van der Waals surface area (Å²) in [5, 5.41) is 6.90. The summed E-state index contributed by atoms with van der Waals surface area (Å²) < 4.78 is 0. The Morgan fingerprint density at radius 2 is 2.22 bits per heavy atom. The Morgan fingerprint density at radius 3 is 2.83 bits per heavy atom. The van der Waals surface area contributed by atoms with Gasteiger partial charge in [-0.15, -0.1) is 0 Å². The van der Waals surface area contributed by atoms with Gasteiger partial charge < -0.3 is 10.6 Å². The average molecular weight is 267 g/mol. The van der Waals surface area contributed by atoms with E-state index in [1.165, 1.54) is 19.3 Å². The van der Waals surface area contributed by atoms with E-state index in [1.807, 2.05) is 25.1 Å². The minimum atomic E-state index is 0.0160. The summed E-state index contributed by atoms with van der Waals surface area (Å²) in [6.07, 6.45) is 4.42. The van der Waals surface area contributed by atoms with E-state index in [0.29, 0.717) is 11.4 Å². The monoisotopic (exact) mass is 266 g/mol. The first-order valence-corrected chi connectivity index (χ1v) is 6.90. The third-order valence-electron chi connectivity index (χ3n) is 3.38.